The second-order valence-electron chi connectivity index (χ2n) is 7.14. The molecular formula is C23H16ClN3O3. The van der Waals surface area contributed by atoms with E-state index in [0.29, 0.717) is 33.2 Å². The Morgan fingerprint density at radius 3 is 2.87 bits per heavy atom. The highest BCUT2D eigenvalue weighted by Crippen LogP contribution is 2.33. The van der Waals surface area contributed by atoms with Gasteiger partial charge in [-0.05, 0) is 54.3 Å². The van der Waals surface area contributed by atoms with Gasteiger partial charge in [-0.3, -0.25) is 0 Å². The molecule has 0 aliphatic heterocycles. The van der Waals surface area contributed by atoms with Crippen molar-refractivity contribution >= 4 is 34.8 Å². The third kappa shape index (κ3) is 3.21. The molecule has 0 fully saturated rings. The molecule has 5 rings (SSSR count). The van der Waals surface area contributed by atoms with Crippen molar-refractivity contribution in [3.63, 3.8) is 0 Å². The van der Waals surface area contributed by atoms with Crippen LogP contribution in [-0.2, 0) is 6.42 Å². The van der Waals surface area contributed by atoms with Gasteiger partial charge in [0.2, 0.25) is 0 Å². The van der Waals surface area contributed by atoms with E-state index in [-0.39, 0.29) is 11.6 Å². The van der Waals surface area contributed by atoms with Crippen molar-refractivity contribution in [2.45, 2.75) is 13.3 Å². The average Bonchev–Trinajstić information content (AvgIpc) is 3.33. The molecule has 0 saturated carbocycles. The van der Waals surface area contributed by atoms with Crippen molar-refractivity contribution in [3.8, 4) is 23.0 Å². The minimum Gasteiger partial charge on any atom is -0.478 e. The minimum absolute atomic E-state index is 0.178. The van der Waals surface area contributed by atoms with Crippen LogP contribution in [0.4, 0.5) is 0 Å². The zero-order valence-electron chi connectivity index (χ0n) is 15.9. The van der Waals surface area contributed by atoms with Crippen molar-refractivity contribution in [1.29, 1.82) is 0 Å². The highest BCUT2D eigenvalue weighted by molar-refractivity contribution is 6.33. The van der Waals surface area contributed by atoms with E-state index in [4.69, 9.17) is 16.3 Å². The number of carboxylic acid groups (broad SMARTS) is 1. The van der Waals surface area contributed by atoms with Gasteiger partial charge in [-0.25, -0.2) is 9.78 Å². The third-order valence-electron chi connectivity index (χ3n) is 5.11. The third-order valence-corrected chi connectivity index (χ3v) is 5.40. The SMILES string of the molecule is Cc1ccc(Oc2nc3nc(-c4ccc5c(c4)C=CC5)c(Cl)cc3[nH]2)cc1C(=O)O. The van der Waals surface area contributed by atoms with Crippen LogP contribution in [0.15, 0.2) is 48.5 Å². The molecule has 1 aliphatic rings. The maximum absolute atomic E-state index is 11.3. The Kier molecular flexibility index (Phi) is 4.29. The first kappa shape index (κ1) is 18.4. The molecule has 0 atom stereocenters. The summed E-state index contributed by atoms with van der Waals surface area (Å²) < 4.78 is 5.73. The Labute approximate surface area is 176 Å². The predicted octanol–water partition coefficient (Wildman–Crippen LogP) is 5.65. The number of aromatic carboxylic acids is 1. The summed E-state index contributed by atoms with van der Waals surface area (Å²) in [7, 11) is 0. The smallest absolute Gasteiger partial charge is 0.336 e. The number of hydrogen-bond acceptors (Lipinski definition) is 4. The quantitative estimate of drug-likeness (QED) is 0.448. The molecule has 4 aromatic rings. The Balaban J connectivity index is 1.50. The number of fused-ring (bicyclic) bond motifs is 2. The van der Waals surface area contributed by atoms with E-state index in [1.165, 1.54) is 17.2 Å². The molecule has 30 heavy (non-hydrogen) atoms. The first-order valence-electron chi connectivity index (χ1n) is 9.36. The van der Waals surface area contributed by atoms with Gasteiger partial charge in [-0.1, -0.05) is 42.0 Å². The number of nitrogens with one attached hydrogen (secondary N) is 1. The van der Waals surface area contributed by atoms with E-state index in [1.54, 1.807) is 25.1 Å². The standard InChI is InChI=1S/C23H16ClN3O3/c1-12-5-8-16(10-17(12)22(28)29)30-23-25-19-11-18(24)20(26-21(19)27-23)15-7-6-13-3-2-4-14(13)9-15/h2,4-11H,3H2,1H3,(H,28,29)(H,25,26,27). The Bertz CT molecular complexity index is 1360. The summed E-state index contributed by atoms with van der Waals surface area (Å²) in [6.45, 7) is 1.73. The summed E-state index contributed by atoms with van der Waals surface area (Å²) in [6.07, 6.45) is 5.17. The lowest BCUT2D eigenvalue weighted by Gasteiger charge is -2.06. The van der Waals surface area contributed by atoms with Crippen LogP contribution in [0.25, 0.3) is 28.5 Å². The summed E-state index contributed by atoms with van der Waals surface area (Å²) in [5, 5.41) is 9.79. The number of carboxylic acids is 1. The second-order valence-corrected chi connectivity index (χ2v) is 7.54. The Morgan fingerprint density at radius 1 is 1.17 bits per heavy atom. The van der Waals surface area contributed by atoms with Crippen LogP contribution in [-0.4, -0.2) is 26.0 Å². The van der Waals surface area contributed by atoms with Crippen LogP contribution in [0.5, 0.6) is 11.8 Å². The van der Waals surface area contributed by atoms with Gasteiger partial charge in [0.15, 0.2) is 5.65 Å². The molecule has 0 radical (unpaired) electrons. The lowest BCUT2D eigenvalue weighted by molar-refractivity contribution is 0.0695. The average molecular weight is 418 g/mol. The van der Waals surface area contributed by atoms with Crippen LogP contribution in [0.3, 0.4) is 0 Å². The van der Waals surface area contributed by atoms with E-state index >= 15 is 0 Å². The maximum atomic E-state index is 11.3. The largest absolute Gasteiger partial charge is 0.478 e. The predicted molar refractivity (Wildman–Crippen MR) is 115 cm³/mol. The molecule has 2 aromatic heterocycles. The normalized spacial score (nSPS) is 12.3. The summed E-state index contributed by atoms with van der Waals surface area (Å²) in [5.74, 6) is -0.640. The number of aromatic nitrogens is 3. The number of H-pyrrole nitrogens is 1. The molecule has 148 valence electrons. The van der Waals surface area contributed by atoms with E-state index in [9.17, 15) is 9.90 Å². The number of ether oxygens (including phenoxy) is 1. The van der Waals surface area contributed by atoms with Gasteiger partial charge >= 0.3 is 12.0 Å². The second kappa shape index (κ2) is 7.00. The Morgan fingerprint density at radius 2 is 2.03 bits per heavy atom. The van der Waals surface area contributed by atoms with Crippen molar-refractivity contribution in [1.82, 2.24) is 15.0 Å². The number of allylic oxidation sites excluding steroid dienone is 1. The lowest BCUT2D eigenvalue weighted by atomic mass is 10.0. The van der Waals surface area contributed by atoms with Crippen molar-refractivity contribution in [2.24, 2.45) is 0 Å². The molecule has 2 aromatic carbocycles. The maximum Gasteiger partial charge on any atom is 0.336 e. The first-order chi connectivity index (χ1) is 14.5. The van der Waals surface area contributed by atoms with Crippen molar-refractivity contribution in [3.05, 3.63) is 75.8 Å². The molecule has 1 aliphatic carbocycles. The monoisotopic (exact) mass is 417 g/mol. The molecule has 0 saturated heterocycles. The van der Waals surface area contributed by atoms with Crippen LogP contribution in [0.2, 0.25) is 5.02 Å². The fourth-order valence-electron chi connectivity index (χ4n) is 3.55. The van der Waals surface area contributed by atoms with Crippen LogP contribution >= 0.6 is 11.6 Å². The fraction of sp³-hybridized carbons (Fsp3) is 0.0870. The molecule has 0 unspecified atom stereocenters. The molecule has 0 amide bonds. The van der Waals surface area contributed by atoms with Gasteiger partial charge in [-0.15, -0.1) is 0 Å². The zero-order valence-corrected chi connectivity index (χ0v) is 16.7. The summed E-state index contributed by atoms with van der Waals surface area (Å²) in [4.78, 5) is 23.4. The fourth-order valence-corrected chi connectivity index (χ4v) is 3.81. The topological polar surface area (TPSA) is 88.1 Å². The minimum atomic E-state index is -1.01. The van der Waals surface area contributed by atoms with E-state index < -0.39 is 5.97 Å². The van der Waals surface area contributed by atoms with Gasteiger partial charge in [0, 0.05) is 5.56 Å². The summed E-state index contributed by atoms with van der Waals surface area (Å²) >= 11 is 6.50. The Hall–Kier alpha value is -3.64. The number of rotatable bonds is 4. The van der Waals surface area contributed by atoms with Gasteiger partial charge in [0.05, 0.1) is 21.8 Å². The highest BCUT2D eigenvalue weighted by atomic mass is 35.5. The lowest BCUT2D eigenvalue weighted by Crippen LogP contribution is -2.00. The molecule has 2 heterocycles. The molecule has 7 heteroatoms. The number of halogens is 1. The number of hydrogen-bond donors (Lipinski definition) is 2. The van der Waals surface area contributed by atoms with E-state index in [0.717, 1.165) is 12.0 Å². The number of pyridine rings is 1. The van der Waals surface area contributed by atoms with Crippen LogP contribution in [0.1, 0.15) is 27.0 Å². The number of benzene rings is 2. The van der Waals surface area contributed by atoms with E-state index in [1.807, 2.05) is 6.07 Å². The molecule has 0 spiro atoms. The van der Waals surface area contributed by atoms with E-state index in [2.05, 4.69) is 39.2 Å². The molecule has 6 nitrogen and oxygen atoms in total. The van der Waals surface area contributed by atoms with Crippen molar-refractivity contribution in [2.75, 3.05) is 0 Å². The van der Waals surface area contributed by atoms with Crippen molar-refractivity contribution < 1.29 is 14.6 Å². The number of nitrogens with zero attached hydrogens (tertiary/aromatic N) is 2. The highest BCUT2D eigenvalue weighted by Gasteiger charge is 2.15. The molecule has 2 N–H and O–H groups in total. The zero-order chi connectivity index (χ0) is 20.8. The van der Waals surface area contributed by atoms with Crippen LogP contribution in [0, 0.1) is 6.92 Å². The number of carbonyl (C=O) groups is 1. The van der Waals surface area contributed by atoms with Crippen LogP contribution < -0.4 is 4.74 Å². The van der Waals surface area contributed by atoms with Gasteiger partial charge in [-0.2, -0.15) is 4.98 Å². The molecular weight excluding hydrogens is 402 g/mol. The van der Waals surface area contributed by atoms with Gasteiger partial charge in [0.25, 0.3) is 0 Å². The molecule has 0 bridgehead atoms. The van der Waals surface area contributed by atoms with Gasteiger partial charge in [0.1, 0.15) is 5.75 Å². The summed E-state index contributed by atoms with van der Waals surface area (Å²) in [6, 6.07) is 13.0. The number of imidazole rings is 1. The number of aromatic amines is 1. The van der Waals surface area contributed by atoms with Gasteiger partial charge < -0.3 is 14.8 Å². The summed E-state index contributed by atoms with van der Waals surface area (Å²) in [5.41, 5.74) is 5.95. The number of aryl methyl sites for hydroxylation is 1. The first-order valence-corrected chi connectivity index (χ1v) is 9.73.